The van der Waals surface area contributed by atoms with Gasteiger partial charge in [-0.1, -0.05) is 12.1 Å². The van der Waals surface area contributed by atoms with Crippen molar-refractivity contribution in [3.05, 3.63) is 57.7 Å². The van der Waals surface area contributed by atoms with Gasteiger partial charge in [0.15, 0.2) is 5.43 Å². The lowest BCUT2D eigenvalue weighted by molar-refractivity contribution is 0.419. The van der Waals surface area contributed by atoms with Crippen LogP contribution in [0.3, 0.4) is 0 Å². The lowest BCUT2D eigenvalue weighted by Gasteiger charge is -2.28. The standard InChI is InChI=1S/C23H26N2O2/c1-15-13-19-21(20(14-15)27-3)23(26)16(2)22(24-19)17-7-9-18(10-8-17)25-11-5-4-6-12-25/h7-10,13-14H,4-6,11-12H2,1-3H3,(H,24,26). The molecule has 0 saturated carbocycles. The maximum absolute atomic E-state index is 13.0. The summed E-state index contributed by atoms with van der Waals surface area (Å²) in [5.41, 5.74) is 5.80. The zero-order valence-electron chi connectivity index (χ0n) is 16.3. The van der Waals surface area contributed by atoms with E-state index in [9.17, 15) is 4.79 Å². The van der Waals surface area contributed by atoms with Crippen LogP contribution in [-0.4, -0.2) is 25.2 Å². The van der Waals surface area contributed by atoms with Crippen LogP contribution in [-0.2, 0) is 0 Å². The third kappa shape index (κ3) is 3.20. The predicted molar refractivity (Wildman–Crippen MR) is 112 cm³/mol. The average Bonchev–Trinajstić information content (AvgIpc) is 2.70. The number of pyridine rings is 1. The highest BCUT2D eigenvalue weighted by Crippen LogP contribution is 2.29. The summed E-state index contributed by atoms with van der Waals surface area (Å²) < 4.78 is 5.45. The predicted octanol–water partition coefficient (Wildman–Crippen LogP) is 4.81. The molecule has 1 aliphatic heterocycles. The number of ether oxygens (including phenoxy) is 1. The third-order valence-corrected chi connectivity index (χ3v) is 5.55. The molecular weight excluding hydrogens is 336 g/mol. The lowest BCUT2D eigenvalue weighted by atomic mass is 10.0. The van der Waals surface area contributed by atoms with Crippen molar-refractivity contribution in [3.63, 3.8) is 0 Å². The van der Waals surface area contributed by atoms with Crippen LogP contribution in [0, 0.1) is 13.8 Å². The van der Waals surface area contributed by atoms with E-state index in [0.29, 0.717) is 11.1 Å². The molecule has 1 N–H and O–H groups in total. The van der Waals surface area contributed by atoms with Crippen molar-refractivity contribution in [1.82, 2.24) is 4.98 Å². The maximum Gasteiger partial charge on any atom is 0.196 e. The Kier molecular flexibility index (Phi) is 4.65. The van der Waals surface area contributed by atoms with E-state index >= 15 is 0 Å². The highest BCUT2D eigenvalue weighted by molar-refractivity contribution is 5.89. The van der Waals surface area contributed by atoms with E-state index in [1.54, 1.807) is 7.11 Å². The van der Waals surface area contributed by atoms with Crippen LogP contribution in [0.1, 0.15) is 30.4 Å². The van der Waals surface area contributed by atoms with E-state index in [1.165, 1.54) is 24.9 Å². The van der Waals surface area contributed by atoms with Crippen LogP contribution in [0.15, 0.2) is 41.2 Å². The van der Waals surface area contributed by atoms with Crippen LogP contribution >= 0.6 is 0 Å². The minimum absolute atomic E-state index is 0.0238. The zero-order valence-corrected chi connectivity index (χ0v) is 16.3. The van der Waals surface area contributed by atoms with Gasteiger partial charge in [-0.15, -0.1) is 0 Å². The van der Waals surface area contributed by atoms with Gasteiger partial charge in [0, 0.05) is 24.3 Å². The summed E-state index contributed by atoms with van der Waals surface area (Å²) in [5.74, 6) is 0.626. The molecule has 0 aliphatic carbocycles. The average molecular weight is 362 g/mol. The van der Waals surface area contributed by atoms with Gasteiger partial charge in [-0.05, 0) is 68.5 Å². The van der Waals surface area contributed by atoms with Crippen LogP contribution < -0.4 is 15.1 Å². The monoisotopic (exact) mass is 362 g/mol. The molecule has 4 heteroatoms. The summed E-state index contributed by atoms with van der Waals surface area (Å²) in [6, 6.07) is 12.5. The van der Waals surface area contributed by atoms with Gasteiger partial charge in [0.1, 0.15) is 5.75 Å². The van der Waals surface area contributed by atoms with Gasteiger partial charge < -0.3 is 14.6 Å². The molecule has 27 heavy (non-hydrogen) atoms. The van der Waals surface area contributed by atoms with E-state index in [0.717, 1.165) is 41.0 Å². The highest BCUT2D eigenvalue weighted by Gasteiger charge is 2.15. The van der Waals surface area contributed by atoms with Gasteiger partial charge in [-0.3, -0.25) is 4.79 Å². The number of nitrogens with zero attached hydrogens (tertiary/aromatic N) is 1. The molecule has 3 aromatic rings. The minimum atomic E-state index is 0.0238. The lowest BCUT2D eigenvalue weighted by Crippen LogP contribution is -2.29. The maximum atomic E-state index is 13.0. The molecule has 0 atom stereocenters. The van der Waals surface area contributed by atoms with Gasteiger partial charge in [0.2, 0.25) is 0 Å². The van der Waals surface area contributed by atoms with Gasteiger partial charge in [-0.25, -0.2) is 0 Å². The summed E-state index contributed by atoms with van der Waals surface area (Å²) >= 11 is 0. The number of fused-ring (bicyclic) bond motifs is 1. The Labute approximate surface area is 159 Å². The Morgan fingerprint density at radius 2 is 1.70 bits per heavy atom. The van der Waals surface area contributed by atoms with Gasteiger partial charge in [0.05, 0.1) is 23.7 Å². The topological polar surface area (TPSA) is 45.3 Å². The molecule has 140 valence electrons. The number of H-pyrrole nitrogens is 1. The summed E-state index contributed by atoms with van der Waals surface area (Å²) in [5, 5.41) is 0.620. The fraction of sp³-hybridized carbons (Fsp3) is 0.348. The first-order valence-electron chi connectivity index (χ1n) is 9.65. The Morgan fingerprint density at radius 3 is 2.37 bits per heavy atom. The minimum Gasteiger partial charge on any atom is -0.496 e. The van der Waals surface area contributed by atoms with Gasteiger partial charge >= 0.3 is 0 Å². The highest BCUT2D eigenvalue weighted by atomic mass is 16.5. The van der Waals surface area contributed by atoms with Crippen molar-refractivity contribution in [3.8, 4) is 17.0 Å². The second-order valence-corrected chi connectivity index (χ2v) is 7.44. The molecule has 4 rings (SSSR count). The van der Waals surface area contributed by atoms with Crippen molar-refractivity contribution in [2.24, 2.45) is 0 Å². The van der Waals surface area contributed by atoms with E-state index in [-0.39, 0.29) is 5.43 Å². The second kappa shape index (κ2) is 7.10. The number of hydrogen-bond acceptors (Lipinski definition) is 3. The molecule has 0 bridgehead atoms. The molecule has 4 nitrogen and oxygen atoms in total. The first-order chi connectivity index (χ1) is 13.1. The van der Waals surface area contributed by atoms with Crippen molar-refractivity contribution in [1.29, 1.82) is 0 Å². The molecule has 0 spiro atoms. The summed E-state index contributed by atoms with van der Waals surface area (Å²) in [6.45, 7) is 6.15. The van der Waals surface area contributed by atoms with Crippen molar-refractivity contribution in [2.75, 3.05) is 25.1 Å². The second-order valence-electron chi connectivity index (χ2n) is 7.44. The Morgan fingerprint density at radius 1 is 1.00 bits per heavy atom. The fourth-order valence-electron chi connectivity index (χ4n) is 4.06. The molecule has 1 fully saturated rings. The van der Waals surface area contributed by atoms with Crippen molar-refractivity contribution in [2.45, 2.75) is 33.1 Å². The number of nitrogens with one attached hydrogen (secondary N) is 1. The molecule has 1 aromatic heterocycles. The number of aromatic nitrogens is 1. The summed E-state index contributed by atoms with van der Waals surface area (Å²) in [6.07, 6.45) is 3.86. The summed E-state index contributed by atoms with van der Waals surface area (Å²) in [4.78, 5) is 18.9. The molecule has 1 aliphatic rings. The number of rotatable bonds is 3. The Bertz CT molecular complexity index is 1030. The molecule has 2 heterocycles. The van der Waals surface area contributed by atoms with Crippen LogP contribution in [0.4, 0.5) is 5.69 Å². The van der Waals surface area contributed by atoms with E-state index in [2.05, 4.69) is 34.1 Å². The molecule has 0 amide bonds. The van der Waals surface area contributed by atoms with Crippen LogP contribution in [0.2, 0.25) is 0 Å². The first kappa shape index (κ1) is 17.7. The molecule has 0 unspecified atom stereocenters. The smallest absolute Gasteiger partial charge is 0.196 e. The fourth-order valence-corrected chi connectivity index (χ4v) is 4.06. The molecule has 1 saturated heterocycles. The van der Waals surface area contributed by atoms with Gasteiger partial charge in [-0.2, -0.15) is 0 Å². The Hall–Kier alpha value is -2.75. The largest absolute Gasteiger partial charge is 0.496 e. The summed E-state index contributed by atoms with van der Waals surface area (Å²) in [7, 11) is 1.61. The van der Waals surface area contributed by atoms with E-state index < -0.39 is 0 Å². The van der Waals surface area contributed by atoms with Crippen molar-refractivity contribution >= 4 is 16.6 Å². The third-order valence-electron chi connectivity index (χ3n) is 5.55. The molecular formula is C23H26N2O2. The van der Waals surface area contributed by atoms with Crippen LogP contribution in [0.5, 0.6) is 5.75 Å². The zero-order chi connectivity index (χ0) is 19.0. The number of hydrogen-bond donors (Lipinski definition) is 1. The normalized spacial score (nSPS) is 14.6. The molecule has 2 aromatic carbocycles. The van der Waals surface area contributed by atoms with Crippen LogP contribution in [0.25, 0.3) is 22.2 Å². The first-order valence-corrected chi connectivity index (χ1v) is 9.65. The van der Waals surface area contributed by atoms with Crippen molar-refractivity contribution < 1.29 is 4.74 Å². The number of aromatic amines is 1. The quantitative estimate of drug-likeness (QED) is 0.727. The number of methoxy groups -OCH3 is 1. The number of piperidine rings is 1. The van der Waals surface area contributed by atoms with E-state index in [1.807, 2.05) is 26.0 Å². The number of aryl methyl sites for hydroxylation is 1. The molecule has 0 radical (unpaired) electrons. The number of benzene rings is 2. The van der Waals surface area contributed by atoms with E-state index in [4.69, 9.17) is 4.74 Å². The SMILES string of the molecule is COc1cc(C)cc2[nH]c(-c3ccc(N4CCCCC4)cc3)c(C)c(=O)c12. The number of anilines is 1. The van der Waals surface area contributed by atoms with Gasteiger partial charge in [0.25, 0.3) is 0 Å². The Balaban J connectivity index is 1.79.